The van der Waals surface area contributed by atoms with Crippen LogP contribution in [0.3, 0.4) is 0 Å². The molecule has 164 valence electrons. The number of carbonyl (C=O) groups excluding carboxylic acids is 2. The van der Waals surface area contributed by atoms with Crippen LogP contribution in [0.4, 0.5) is 4.39 Å². The number of rotatable bonds is 7. The molecule has 0 aliphatic carbocycles. The number of amides is 1. The van der Waals surface area contributed by atoms with Gasteiger partial charge in [-0.2, -0.15) is 0 Å². The fourth-order valence-electron chi connectivity index (χ4n) is 3.72. The number of nitrogens with one attached hydrogen (secondary N) is 1. The second-order valence-corrected chi connectivity index (χ2v) is 7.91. The van der Waals surface area contributed by atoms with Gasteiger partial charge < -0.3 is 19.6 Å². The molecule has 0 bridgehead atoms. The Labute approximate surface area is 181 Å². The first kappa shape index (κ1) is 22.5. The molecule has 1 fully saturated rings. The number of aryl methyl sites for hydroxylation is 1. The summed E-state index contributed by atoms with van der Waals surface area (Å²) in [6.45, 7) is 5.18. The van der Waals surface area contributed by atoms with Crippen LogP contribution in [0, 0.1) is 12.7 Å². The lowest BCUT2D eigenvalue weighted by Crippen LogP contribution is -3.06. The van der Waals surface area contributed by atoms with Crippen molar-refractivity contribution in [1.82, 2.24) is 4.90 Å². The molecule has 6 nitrogen and oxygen atoms in total. The highest BCUT2D eigenvalue weighted by atomic mass is 19.1. The van der Waals surface area contributed by atoms with Crippen LogP contribution >= 0.6 is 0 Å². The number of hydrogen-bond acceptors (Lipinski definition) is 4. The van der Waals surface area contributed by atoms with Gasteiger partial charge in [-0.05, 0) is 55.3 Å². The largest absolute Gasteiger partial charge is 0.507 e. The number of aliphatic hydroxyl groups excluding tert-OH is 1. The third-order valence-corrected chi connectivity index (χ3v) is 5.33. The molecule has 0 unspecified atom stereocenters. The van der Waals surface area contributed by atoms with Gasteiger partial charge in [0.25, 0.3) is 11.7 Å². The van der Waals surface area contributed by atoms with E-state index in [1.54, 1.807) is 18.2 Å². The van der Waals surface area contributed by atoms with E-state index in [9.17, 15) is 19.1 Å². The monoisotopic (exact) mass is 427 g/mol. The lowest BCUT2D eigenvalue weighted by molar-refractivity contribution is -0.857. The molecule has 2 N–H and O–H groups in total. The van der Waals surface area contributed by atoms with Gasteiger partial charge in [-0.3, -0.25) is 9.59 Å². The van der Waals surface area contributed by atoms with Crippen molar-refractivity contribution >= 4 is 17.4 Å². The van der Waals surface area contributed by atoms with Crippen molar-refractivity contribution in [3.63, 3.8) is 0 Å². The van der Waals surface area contributed by atoms with Crippen LogP contribution in [0.25, 0.3) is 5.76 Å². The molecule has 1 heterocycles. The highest BCUT2D eigenvalue weighted by molar-refractivity contribution is 6.46. The summed E-state index contributed by atoms with van der Waals surface area (Å²) in [6.07, 6.45) is 0. The SMILES string of the molecule is CCOc1ccc(C(O)=C2C(=O)C(=O)N(CC[NH+](C)C)[C@@H]2c2ccc(F)cc2)cc1C. The van der Waals surface area contributed by atoms with Crippen molar-refractivity contribution in [2.45, 2.75) is 19.9 Å². The van der Waals surface area contributed by atoms with E-state index in [1.165, 1.54) is 29.2 Å². The van der Waals surface area contributed by atoms with Crippen molar-refractivity contribution in [2.24, 2.45) is 0 Å². The van der Waals surface area contributed by atoms with Crippen molar-refractivity contribution in [2.75, 3.05) is 33.8 Å². The first-order valence-corrected chi connectivity index (χ1v) is 10.3. The van der Waals surface area contributed by atoms with Crippen LogP contribution in [-0.2, 0) is 9.59 Å². The van der Waals surface area contributed by atoms with Gasteiger partial charge >= 0.3 is 0 Å². The second kappa shape index (κ2) is 9.31. The summed E-state index contributed by atoms with van der Waals surface area (Å²) in [5.41, 5.74) is 1.80. The molecule has 1 saturated heterocycles. The summed E-state index contributed by atoms with van der Waals surface area (Å²) >= 11 is 0. The number of ketones is 1. The van der Waals surface area contributed by atoms with E-state index in [0.717, 1.165) is 10.5 Å². The second-order valence-electron chi connectivity index (χ2n) is 7.91. The van der Waals surface area contributed by atoms with Gasteiger partial charge in [0.2, 0.25) is 0 Å². The Morgan fingerprint density at radius 1 is 1.16 bits per heavy atom. The molecule has 7 heteroatoms. The maximum Gasteiger partial charge on any atom is 0.295 e. The number of halogens is 1. The van der Waals surface area contributed by atoms with E-state index in [0.29, 0.717) is 36.6 Å². The fraction of sp³-hybridized carbons (Fsp3) is 0.333. The van der Waals surface area contributed by atoms with Gasteiger partial charge in [0.1, 0.15) is 17.3 Å². The van der Waals surface area contributed by atoms with E-state index in [4.69, 9.17) is 4.74 Å². The third kappa shape index (κ3) is 4.61. The minimum absolute atomic E-state index is 0.00826. The van der Waals surface area contributed by atoms with Gasteiger partial charge in [-0.25, -0.2) is 4.39 Å². The van der Waals surface area contributed by atoms with Gasteiger partial charge in [-0.15, -0.1) is 0 Å². The zero-order valence-corrected chi connectivity index (χ0v) is 18.2. The van der Waals surface area contributed by atoms with Crippen molar-refractivity contribution in [3.05, 3.63) is 70.5 Å². The quantitative estimate of drug-likeness (QED) is 0.403. The zero-order chi connectivity index (χ0) is 22.7. The number of Topliss-reactive ketones (excluding diaryl/α,β-unsaturated/α-hetero) is 1. The van der Waals surface area contributed by atoms with Crippen molar-refractivity contribution in [3.8, 4) is 5.75 Å². The number of likely N-dealkylation sites (N-methyl/N-ethyl adjacent to an activating group) is 1. The maximum absolute atomic E-state index is 13.5. The van der Waals surface area contributed by atoms with Crippen molar-refractivity contribution in [1.29, 1.82) is 0 Å². The fourth-order valence-corrected chi connectivity index (χ4v) is 3.72. The van der Waals surface area contributed by atoms with Crippen LogP contribution < -0.4 is 9.64 Å². The average Bonchev–Trinajstić information content (AvgIpc) is 2.98. The Hall–Kier alpha value is -3.19. The van der Waals surface area contributed by atoms with Crippen LogP contribution in [-0.4, -0.2) is 55.5 Å². The first-order chi connectivity index (χ1) is 14.7. The number of likely N-dealkylation sites (tertiary alicyclic amines) is 1. The molecule has 0 saturated carbocycles. The van der Waals surface area contributed by atoms with E-state index in [1.807, 2.05) is 27.9 Å². The molecular formula is C24H28FN2O4+. The summed E-state index contributed by atoms with van der Waals surface area (Å²) in [5, 5.41) is 11.1. The van der Waals surface area contributed by atoms with E-state index in [-0.39, 0.29) is 11.3 Å². The summed E-state index contributed by atoms with van der Waals surface area (Å²) < 4.78 is 19.1. The molecule has 1 atom stereocenters. The Morgan fingerprint density at radius 3 is 2.42 bits per heavy atom. The lowest BCUT2D eigenvalue weighted by atomic mass is 9.94. The first-order valence-electron chi connectivity index (χ1n) is 10.3. The maximum atomic E-state index is 13.5. The molecular weight excluding hydrogens is 399 g/mol. The predicted molar refractivity (Wildman–Crippen MR) is 115 cm³/mol. The summed E-state index contributed by atoms with van der Waals surface area (Å²) in [4.78, 5) is 28.4. The summed E-state index contributed by atoms with van der Waals surface area (Å²) in [5.74, 6) is -1.39. The summed E-state index contributed by atoms with van der Waals surface area (Å²) in [6, 6.07) is 9.97. The number of nitrogens with zero attached hydrogens (tertiary/aromatic N) is 1. The van der Waals surface area contributed by atoms with E-state index in [2.05, 4.69) is 0 Å². The third-order valence-electron chi connectivity index (χ3n) is 5.33. The molecule has 0 radical (unpaired) electrons. The van der Waals surface area contributed by atoms with Crippen molar-refractivity contribution < 1.29 is 28.7 Å². The topological polar surface area (TPSA) is 71.3 Å². The summed E-state index contributed by atoms with van der Waals surface area (Å²) in [7, 11) is 3.90. The van der Waals surface area contributed by atoms with Gasteiger partial charge in [0.05, 0.1) is 45.4 Å². The predicted octanol–water partition coefficient (Wildman–Crippen LogP) is 2.10. The number of ether oxygens (including phenoxy) is 1. The Morgan fingerprint density at radius 2 is 1.84 bits per heavy atom. The standard InChI is InChI=1S/C24H27FN2O4/c1-5-31-19-11-8-17(14-15(19)2)22(28)20-21(16-6-9-18(25)10-7-16)27(13-12-26(3)4)24(30)23(20)29/h6-11,14,21,28H,5,12-13H2,1-4H3/p+1/t21-/m1/s1. The molecule has 3 rings (SSSR count). The van der Waals surface area contributed by atoms with E-state index < -0.39 is 23.5 Å². The molecule has 1 amide bonds. The zero-order valence-electron chi connectivity index (χ0n) is 18.2. The van der Waals surface area contributed by atoms with E-state index >= 15 is 0 Å². The van der Waals surface area contributed by atoms with Gasteiger partial charge in [0, 0.05) is 5.56 Å². The van der Waals surface area contributed by atoms with Crippen LogP contribution in [0.15, 0.2) is 48.0 Å². The molecule has 2 aromatic carbocycles. The normalized spacial score (nSPS) is 18.1. The number of benzene rings is 2. The molecule has 1 aliphatic rings. The van der Waals surface area contributed by atoms with Crippen LogP contribution in [0.2, 0.25) is 0 Å². The molecule has 0 spiro atoms. The Balaban J connectivity index is 2.12. The van der Waals surface area contributed by atoms with Gasteiger partial charge in [-0.1, -0.05) is 12.1 Å². The van der Waals surface area contributed by atoms with Crippen LogP contribution in [0.5, 0.6) is 5.75 Å². The minimum atomic E-state index is -0.785. The minimum Gasteiger partial charge on any atom is -0.507 e. The molecule has 0 aromatic heterocycles. The molecule has 31 heavy (non-hydrogen) atoms. The highest BCUT2D eigenvalue weighted by Crippen LogP contribution is 2.39. The lowest BCUT2D eigenvalue weighted by Gasteiger charge is -2.25. The smallest absolute Gasteiger partial charge is 0.295 e. The Kier molecular flexibility index (Phi) is 6.75. The number of carbonyl (C=O) groups is 2. The molecule has 2 aromatic rings. The number of quaternary nitrogens is 1. The Bertz CT molecular complexity index is 1010. The van der Waals surface area contributed by atoms with Gasteiger partial charge in [0.15, 0.2) is 0 Å². The average molecular weight is 427 g/mol. The number of aliphatic hydroxyl groups is 1. The number of hydrogen-bond donors (Lipinski definition) is 2. The molecule has 1 aliphatic heterocycles. The van der Waals surface area contributed by atoms with Crippen LogP contribution in [0.1, 0.15) is 29.7 Å². The highest BCUT2D eigenvalue weighted by Gasteiger charge is 2.46.